The van der Waals surface area contributed by atoms with E-state index in [1.54, 1.807) is 11.3 Å². The third-order valence-corrected chi connectivity index (χ3v) is 4.52. The Balaban J connectivity index is 1.87. The molecule has 0 nitrogen and oxygen atoms in total. The highest BCUT2D eigenvalue weighted by Gasteiger charge is 2.17. The molecule has 3 aromatic rings. The molecular formula is C17H12S. The van der Waals surface area contributed by atoms with Crippen molar-refractivity contribution < 1.29 is 0 Å². The summed E-state index contributed by atoms with van der Waals surface area (Å²) >= 11 is 1.81. The fraction of sp³-hybridized carbons (Fsp3) is 0.0588. The van der Waals surface area contributed by atoms with Gasteiger partial charge in [-0.25, -0.2) is 0 Å². The molecule has 0 bridgehead atoms. The van der Waals surface area contributed by atoms with Gasteiger partial charge in [0.25, 0.3) is 0 Å². The van der Waals surface area contributed by atoms with Gasteiger partial charge in [-0.2, -0.15) is 0 Å². The normalized spacial score (nSPS) is 12.2. The Kier molecular flexibility index (Phi) is 2.14. The lowest BCUT2D eigenvalue weighted by Crippen LogP contribution is -1.81. The maximum atomic E-state index is 2.35. The van der Waals surface area contributed by atoms with Crippen LogP contribution >= 0.6 is 11.3 Å². The van der Waals surface area contributed by atoms with Crippen molar-refractivity contribution in [1.29, 1.82) is 0 Å². The minimum atomic E-state index is 1.07. The maximum Gasteiger partial charge on any atom is 0.0342 e. The van der Waals surface area contributed by atoms with Crippen LogP contribution in [-0.2, 0) is 6.42 Å². The van der Waals surface area contributed by atoms with Crippen LogP contribution in [0.5, 0.6) is 0 Å². The van der Waals surface area contributed by atoms with Crippen molar-refractivity contribution >= 4 is 11.3 Å². The van der Waals surface area contributed by atoms with Crippen molar-refractivity contribution in [3.63, 3.8) is 0 Å². The summed E-state index contributed by atoms with van der Waals surface area (Å²) in [6.07, 6.45) is 1.07. The quantitative estimate of drug-likeness (QED) is 0.445. The monoisotopic (exact) mass is 248 g/mol. The summed E-state index contributed by atoms with van der Waals surface area (Å²) in [5, 5.41) is 2.14. The molecule has 2 aromatic carbocycles. The van der Waals surface area contributed by atoms with Crippen LogP contribution in [0.4, 0.5) is 0 Å². The van der Waals surface area contributed by atoms with Crippen molar-refractivity contribution in [2.24, 2.45) is 0 Å². The molecule has 0 fully saturated rings. The van der Waals surface area contributed by atoms with Crippen molar-refractivity contribution in [2.45, 2.75) is 6.42 Å². The maximum absolute atomic E-state index is 2.35. The third kappa shape index (κ3) is 1.44. The summed E-state index contributed by atoms with van der Waals surface area (Å²) < 4.78 is 0. The first-order valence-corrected chi connectivity index (χ1v) is 7.05. The van der Waals surface area contributed by atoms with Crippen LogP contribution in [0.15, 0.2) is 60.0 Å². The molecule has 4 rings (SSSR count). The van der Waals surface area contributed by atoms with Gasteiger partial charge in [0.1, 0.15) is 0 Å². The van der Waals surface area contributed by atoms with Crippen molar-refractivity contribution in [3.05, 3.63) is 71.1 Å². The standard InChI is InChI=1S/C17H12S/c1-2-5-15-12(4-1)10-14-11-13(7-8-16(14)15)17-6-3-9-18-17/h1-9,11H,10H2. The molecule has 1 aliphatic rings. The predicted octanol–water partition coefficient (Wildman–Crippen LogP) is 4.99. The van der Waals surface area contributed by atoms with Crippen LogP contribution < -0.4 is 0 Å². The van der Waals surface area contributed by atoms with Crippen molar-refractivity contribution in [3.8, 4) is 21.6 Å². The first kappa shape index (κ1) is 10.1. The topological polar surface area (TPSA) is 0 Å². The lowest BCUT2D eigenvalue weighted by atomic mass is 10.0. The lowest BCUT2D eigenvalue weighted by molar-refractivity contribution is 1.26. The van der Waals surface area contributed by atoms with Gasteiger partial charge in [0.15, 0.2) is 0 Å². The zero-order chi connectivity index (χ0) is 11.9. The summed E-state index contributed by atoms with van der Waals surface area (Å²) in [4.78, 5) is 1.36. The largest absolute Gasteiger partial charge is 0.144 e. The summed E-state index contributed by atoms with van der Waals surface area (Å²) in [5.41, 5.74) is 7.07. The summed E-state index contributed by atoms with van der Waals surface area (Å²) in [6.45, 7) is 0. The molecule has 0 N–H and O–H groups in total. The van der Waals surface area contributed by atoms with Gasteiger partial charge in [0, 0.05) is 4.88 Å². The summed E-state index contributed by atoms with van der Waals surface area (Å²) in [7, 11) is 0. The predicted molar refractivity (Wildman–Crippen MR) is 78.0 cm³/mol. The Bertz CT molecular complexity index is 708. The highest BCUT2D eigenvalue weighted by atomic mass is 32.1. The highest BCUT2D eigenvalue weighted by molar-refractivity contribution is 7.13. The van der Waals surface area contributed by atoms with E-state index in [0.717, 1.165) is 6.42 Å². The first-order chi connectivity index (χ1) is 8.92. The van der Waals surface area contributed by atoms with Gasteiger partial charge in [-0.1, -0.05) is 42.5 Å². The van der Waals surface area contributed by atoms with Gasteiger partial charge >= 0.3 is 0 Å². The zero-order valence-electron chi connectivity index (χ0n) is 9.89. The molecule has 1 aromatic heterocycles. The molecule has 0 amide bonds. The highest BCUT2D eigenvalue weighted by Crippen LogP contribution is 2.38. The van der Waals surface area contributed by atoms with E-state index in [2.05, 4.69) is 60.0 Å². The van der Waals surface area contributed by atoms with E-state index < -0.39 is 0 Å². The SMILES string of the molecule is c1csc(-c2ccc3c(c2)Cc2ccccc2-3)c1. The van der Waals surface area contributed by atoms with Crippen LogP contribution in [0.1, 0.15) is 11.1 Å². The van der Waals surface area contributed by atoms with E-state index >= 15 is 0 Å². The number of benzene rings is 2. The molecule has 0 radical (unpaired) electrons. The molecule has 18 heavy (non-hydrogen) atoms. The Morgan fingerprint density at radius 2 is 1.67 bits per heavy atom. The Hall–Kier alpha value is -1.86. The molecule has 0 spiro atoms. The van der Waals surface area contributed by atoms with Crippen LogP contribution in [0, 0.1) is 0 Å². The first-order valence-electron chi connectivity index (χ1n) is 6.17. The fourth-order valence-electron chi connectivity index (χ4n) is 2.74. The summed E-state index contributed by atoms with van der Waals surface area (Å²) in [6, 6.07) is 19.9. The van der Waals surface area contributed by atoms with Crippen molar-refractivity contribution in [2.75, 3.05) is 0 Å². The molecule has 86 valence electrons. The number of hydrogen-bond acceptors (Lipinski definition) is 1. The van der Waals surface area contributed by atoms with Gasteiger partial charge in [0.05, 0.1) is 0 Å². The van der Waals surface area contributed by atoms with E-state index in [9.17, 15) is 0 Å². The molecule has 1 heteroatoms. The second-order valence-electron chi connectivity index (χ2n) is 4.68. The Labute approximate surface area is 111 Å². The van der Waals surface area contributed by atoms with E-state index in [4.69, 9.17) is 0 Å². The number of fused-ring (bicyclic) bond motifs is 3. The molecule has 0 saturated heterocycles. The molecule has 0 unspecified atom stereocenters. The second-order valence-corrected chi connectivity index (χ2v) is 5.63. The third-order valence-electron chi connectivity index (χ3n) is 3.60. The fourth-order valence-corrected chi connectivity index (χ4v) is 3.47. The number of thiophene rings is 1. The average Bonchev–Trinajstić information content (AvgIpc) is 3.05. The van der Waals surface area contributed by atoms with Gasteiger partial charge in [-0.15, -0.1) is 11.3 Å². The van der Waals surface area contributed by atoms with E-state index in [1.807, 2.05) is 0 Å². The molecule has 0 atom stereocenters. The van der Waals surface area contributed by atoms with Crippen LogP contribution in [0.2, 0.25) is 0 Å². The smallest absolute Gasteiger partial charge is 0.0342 e. The Morgan fingerprint density at radius 1 is 0.778 bits per heavy atom. The Morgan fingerprint density at radius 3 is 2.56 bits per heavy atom. The average molecular weight is 248 g/mol. The van der Waals surface area contributed by atoms with Gasteiger partial charge in [-0.05, 0) is 51.8 Å². The lowest BCUT2D eigenvalue weighted by Gasteiger charge is -2.03. The minimum absolute atomic E-state index is 1.07. The molecule has 1 heterocycles. The number of rotatable bonds is 1. The van der Waals surface area contributed by atoms with E-state index in [1.165, 1.54) is 32.7 Å². The molecule has 1 aliphatic carbocycles. The van der Waals surface area contributed by atoms with E-state index in [-0.39, 0.29) is 0 Å². The molecular weight excluding hydrogens is 236 g/mol. The van der Waals surface area contributed by atoms with Crippen LogP contribution in [0.3, 0.4) is 0 Å². The van der Waals surface area contributed by atoms with E-state index in [0.29, 0.717) is 0 Å². The van der Waals surface area contributed by atoms with Gasteiger partial charge in [-0.3, -0.25) is 0 Å². The summed E-state index contributed by atoms with van der Waals surface area (Å²) in [5.74, 6) is 0. The van der Waals surface area contributed by atoms with Crippen LogP contribution in [-0.4, -0.2) is 0 Å². The second kappa shape index (κ2) is 3.82. The van der Waals surface area contributed by atoms with Gasteiger partial charge in [0.2, 0.25) is 0 Å². The molecule has 0 saturated carbocycles. The van der Waals surface area contributed by atoms with Gasteiger partial charge < -0.3 is 0 Å². The minimum Gasteiger partial charge on any atom is -0.144 e. The number of hydrogen-bond donors (Lipinski definition) is 0. The zero-order valence-corrected chi connectivity index (χ0v) is 10.7. The van der Waals surface area contributed by atoms with Crippen LogP contribution in [0.25, 0.3) is 21.6 Å². The van der Waals surface area contributed by atoms with Crippen molar-refractivity contribution in [1.82, 2.24) is 0 Å². The molecule has 0 aliphatic heterocycles.